The van der Waals surface area contributed by atoms with Gasteiger partial charge in [0.2, 0.25) is 5.95 Å². The minimum atomic E-state index is -0.297. The van der Waals surface area contributed by atoms with Crippen LogP contribution in [0.3, 0.4) is 0 Å². The molecule has 0 saturated carbocycles. The summed E-state index contributed by atoms with van der Waals surface area (Å²) in [6, 6.07) is 8.01. The molecule has 1 aliphatic heterocycles. The summed E-state index contributed by atoms with van der Waals surface area (Å²) < 4.78 is 20.6. The molecule has 140 valence electrons. The van der Waals surface area contributed by atoms with E-state index in [1.807, 2.05) is 10.5 Å². The maximum Gasteiger partial charge on any atom is 0.306 e. The van der Waals surface area contributed by atoms with E-state index in [0.29, 0.717) is 23.2 Å². The number of hydrogen-bond acceptors (Lipinski definition) is 6. The number of fused-ring (bicyclic) bond motifs is 1. The standard InChI is InChI=1S/C20H17FN6O/c21-14-5-3-13(4-6-14)17-18(27-10-11-28-20(27)26-17)16-7-9-23-19(25-16)24-15-2-1-8-22-12-15/h3-7,9-11,22H,1-2,8,12H2. The summed E-state index contributed by atoms with van der Waals surface area (Å²) in [5.41, 5.74) is 3.91. The highest BCUT2D eigenvalue weighted by molar-refractivity contribution is 5.88. The van der Waals surface area contributed by atoms with Gasteiger partial charge in [-0.2, -0.15) is 4.98 Å². The third kappa shape index (κ3) is 3.07. The van der Waals surface area contributed by atoms with Gasteiger partial charge >= 0.3 is 5.84 Å². The van der Waals surface area contributed by atoms with E-state index in [9.17, 15) is 4.39 Å². The molecule has 0 unspecified atom stereocenters. The highest BCUT2D eigenvalue weighted by Gasteiger charge is 2.19. The van der Waals surface area contributed by atoms with E-state index >= 15 is 0 Å². The molecule has 1 aliphatic rings. The fourth-order valence-electron chi connectivity index (χ4n) is 3.35. The van der Waals surface area contributed by atoms with Crippen LogP contribution in [0.25, 0.3) is 28.5 Å². The second-order valence-electron chi connectivity index (χ2n) is 6.57. The number of piperidine rings is 1. The molecule has 0 spiro atoms. The van der Waals surface area contributed by atoms with Crippen molar-refractivity contribution in [3.05, 3.63) is 54.8 Å². The quantitative estimate of drug-likeness (QED) is 0.590. The Bertz CT molecular complexity index is 1150. The van der Waals surface area contributed by atoms with E-state index in [0.717, 1.165) is 42.9 Å². The normalized spacial score (nSPS) is 16.1. The number of nitrogens with zero attached hydrogens (tertiary/aromatic N) is 5. The molecule has 28 heavy (non-hydrogen) atoms. The van der Waals surface area contributed by atoms with Crippen molar-refractivity contribution >= 4 is 17.5 Å². The van der Waals surface area contributed by atoms with Crippen molar-refractivity contribution in [3.8, 4) is 22.6 Å². The average molecular weight is 376 g/mol. The zero-order valence-electron chi connectivity index (χ0n) is 15.0. The van der Waals surface area contributed by atoms with Crippen molar-refractivity contribution in [1.82, 2.24) is 24.7 Å². The first-order valence-electron chi connectivity index (χ1n) is 9.10. The molecule has 0 atom stereocenters. The van der Waals surface area contributed by atoms with Gasteiger partial charge in [-0.3, -0.25) is 4.40 Å². The molecule has 4 heterocycles. The van der Waals surface area contributed by atoms with Crippen LogP contribution < -0.4 is 5.32 Å². The third-order valence-corrected chi connectivity index (χ3v) is 4.67. The molecular weight excluding hydrogens is 359 g/mol. The van der Waals surface area contributed by atoms with Gasteiger partial charge in [0.15, 0.2) is 0 Å². The SMILES string of the molecule is Fc1ccc(-c2nc3occn3c2-c2ccnc(N=C3CCCNC3)n2)cc1. The summed E-state index contributed by atoms with van der Waals surface area (Å²) in [6.07, 6.45) is 7.04. The van der Waals surface area contributed by atoms with E-state index in [1.54, 1.807) is 30.8 Å². The number of hydrogen-bond donors (Lipinski definition) is 1. The van der Waals surface area contributed by atoms with Crippen molar-refractivity contribution < 1.29 is 8.81 Å². The minimum Gasteiger partial charge on any atom is -0.432 e. The summed E-state index contributed by atoms with van der Waals surface area (Å²) >= 11 is 0. The smallest absolute Gasteiger partial charge is 0.306 e. The number of nitrogens with one attached hydrogen (secondary N) is 1. The van der Waals surface area contributed by atoms with Gasteiger partial charge in [0, 0.05) is 30.2 Å². The lowest BCUT2D eigenvalue weighted by molar-refractivity contribution is 0.596. The van der Waals surface area contributed by atoms with Gasteiger partial charge in [-0.15, -0.1) is 0 Å². The molecule has 1 aromatic carbocycles. The summed E-state index contributed by atoms with van der Waals surface area (Å²) in [4.78, 5) is 18.1. The highest BCUT2D eigenvalue weighted by atomic mass is 19.1. The lowest BCUT2D eigenvalue weighted by atomic mass is 10.1. The molecule has 1 saturated heterocycles. The van der Waals surface area contributed by atoms with Crippen LogP contribution in [0.15, 0.2) is 58.4 Å². The molecule has 3 aromatic heterocycles. The molecule has 7 nitrogen and oxygen atoms in total. The molecule has 0 aliphatic carbocycles. The van der Waals surface area contributed by atoms with Crippen molar-refractivity contribution in [1.29, 1.82) is 0 Å². The summed E-state index contributed by atoms with van der Waals surface area (Å²) in [6.45, 7) is 1.77. The Hall–Kier alpha value is -3.39. The molecule has 0 radical (unpaired) electrons. The van der Waals surface area contributed by atoms with Gasteiger partial charge in [0.1, 0.15) is 23.5 Å². The van der Waals surface area contributed by atoms with Crippen molar-refractivity contribution in [2.45, 2.75) is 12.8 Å². The van der Waals surface area contributed by atoms with E-state index in [4.69, 9.17) is 4.42 Å². The third-order valence-electron chi connectivity index (χ3n) is 4.67. The van der Waals surface area contributed by atoms with Crippen LogP contribution in [0.1, 0.15) is 12.8 Å². The van der Waals surface area contributed by atoms with Crippen LogP contribution in [0, 0.1) is 5.82 Å². The molecule has 4 aromatic rings. The first-order valence-corrected chi connectivity index (χ1v) is 9.10. The lowest BCUT2D eigenvalue weighted by Crippen LogP contribution is -2.29. The Morgan fingerprint density at radius 2 is 2.04 bits per heavy atom. The van der Waals surface area contributed by atoms with Gasteiger partial charge in [-0.05, 0) is 49.7 Å². The van der Waals surface area contributed by atoms with Gasteiger partial charge < -0.3 is 9.73 Å². The largest absolute Gasteiger partial charge is 0.432 e. The fraction of sp³-hybridized carbons (Fsp3) is 0.200. The molecule has 5 rings (SSSR count). The summed E-state index contributed by atoms with van der Waals surface area (Å²) in [5.74, 6) is 0.561. The maximum absolute atomic E-state index is 13.4. The predicted molar refractivity (Wildman–Crippen MR) is 103 cm³/mol. The van der Waals surface area contributed by atoms with Crippen LogP contribution >= 0.6 is 0 Å². The fourth-order valence-corrected chi connectivity index (χ4v) is 3.35. The maximum atomic E-state index is 13.4. The van der Waals surface area contributed by atoms with Crippen LogP contribution in [0.2, 0.25) is 0 Å². The van der Waals surface area contributed by atoms with E-state index in [2.05, 4.69) is 25.3 Å². The van der Waals surface area contributed by atoms with Gasteiger partial charge in [0.05, 0.1) is 5.69 Å². The summed E-state index contributed by atoms with van der Waals surface area (Å²) in [5, 5.41) is 3.31. The highest BCUT2D eigenvalue weighted by Crippen LogP contribution is 2.32. The zero-order chi connectivity index (χ0) is 18.9. The number of imidazole rings is 1. The van der Waals surface area contributed by atoms with Gasteiger partial charge in [-0.25, -0.2) is 19.4 Å². The Morgan fingerprint density at radius 1 is 1.14 bits per heavy atom. The monoisotopic (exact) mass is 376 g/mol. The minimum absolute atomic E-state index is 0.297. The Labute approximate surface area is 160 Å². The number of aliphatic imine (C=N–C) groups is 1. The molecule has 1 N–H and O–H groups in total. The molecule has 8 heteroatoms. The number of halogens is 1. The number of rotatable bonds is 3. The predicted octanol–water partition coefficient (Wildman–Crippen LogP) is 3.65. The van der Waals surface area contributed by atoms with E-state index in [-0.39, 0.29) is 5.82 Å². The van der Waals surface area contributed by atoms with Crippen LogP contribution in [0.5, 0.6) is 0 Å². The summed E-state index contributed by atoms with van der Waals surface area (Å²) in [7, 11) is 0. The number of oxazole rings is 1. The van der Waals surface area contributed by atoms with E-state index < -0.39 is 0 Å². The van der Waals surface area contributed by atoms with Crippen LogP contribution in [-0.4, -0.2) is 38.2 Å². The molecule has 0 bridgehead atoms. The second kappa shape index (κ2) is 6.97. The number of aromatic nitrogens is 4. The van der Waals surface area contributed by atoms with Crippen molar-refractivity contribution in [2.24, 2.45) is 4.99 Å². The molecule has 0 amide bonds. The van der Waals surface area contributed by atoms with Gasteiger partial charge in [0.25, 0.3) is 0 Å². The van der Waals surface area contributed by atoms with Crippen LogP contribution in [-0.2, 0) is 0 Å². The zero-order valence-corrected chi connectivity index (χ0v) is 15.0. The Balaban J connectivity index is 1.63. The average Bonchev–Trinajstić information content (AvgIpc) is 3.31. The van der Waals surface area contributed by atoms with Crippen molar-refractivity contribution in [2.75, 3.05) is 13.1 Å². The molecular formula is C20H17FN6O. The second-order valence-corrected chi connectivity index (χ2v) is 6.57. The first kappa shape index (κ1) is 16.8. The van der Waals surface area contributed by atoms with Gasteiger partial charge in [-0.1, -0.05) is 0 Å². The number of benzene rings is 1. The Kier molecular flexibility index (Phi) is 4.17. The lowest BCUT2D eigenvalue weighted by Gasteiger charge is -2.13. The molecule has 1 fully saturated rings. The van der Waals surface area contributed by atoms with Crippen LogP contribution in [0.4, 0.5) is 10.3 Å². The van der Waals surface area contributed by atoms with Crippen molar-refractivity contribution in [3.63, 3.8) is 0 Å². The topological polar surface area (TPSA) is 80.6 Å². The first-order chi connectivity index (χ1) is 13.8. The Morgan fingerprint density at radius 3 is 2.86 bits per heavy atom. The van der Waals surface area contributed by atoms with E-state index in [1.165, 1.54) is 12.1 Å².